The molecule has 0 radical (unpaired) electrons. The van der Waals surface area contributed by atoms with Crippen LogP contribution in [0.5, 0.6) is 0 Å². The van der Waals surface area contributed by atoms with Crippen molar-refractivity contribution in [1.29, 1.82) is 0 Å². The molecule has 1 fully saturated rings. The SMILES string of the molecule is C[C@@H](NCc1ccco1)c1ccc(N2CCCC2)c(F)c1. The fraction of sp³-hybridized carbons (Fsp3) is 0.412. The molecule has 0 saturated carbocycles. The van der Waals surface area contributed by atoms with Gasteiger partial charge < -0.3 is 14.6 Å². The molecule has 0 spiro atoms. The molecule has 2 heterocycles. The van der Waals surface area contributed by atoms with Crippen molar-refractivity contribution in [1.82, 2.24) is 5.32 Å². The maximum absolute atomic E-state index is 14.3. The molecule has 112 valence electrons. The Morgan fingerprint density at radius 3 is 2.76 bits per heavy atom. The largest absolute Gasteiger partial charge is 0.468 e. The molecule has 0 aliphatic carbocycles. The minimum absolute atomic E-state index is 0.0808. The summed E-state index contributed by atoms with van der Waals surface area (Å²) in [4.78, 5) is 2.13. The van der Waals surface area contributed by atoms with E-state index in [1.54, 1.807) is 12.3 Å². The first-order chi connectivity index (χ1) is 10.2. The topological polar surface area (TPSA) is 28.4 Å². The number of hydrogen-bond donors (Lipinski definition) is 1. The number of nitrogens with one attached hydrogen (secondary N) is 1. The molecule has 3 nitrogen and oxygen atoms in total. The van der Waals surface area contributed by atoms with Crippen LogP contribution in [0.2, 0.25) is 0 Å². The van der Waals surface area contributed by atoms with E-state index in [9.17, 15) is 4.39 Å². The predicted molar refractivity (Wildman–Crippen MR) is 81.8 cm³/mol. The van der Waals surface area contributed by atoms with E-state index >= 15 is 0 Å². The van der Waals surface area contributed by atoms with Gasteiger partial charge in [-0.3, -0.25) is 0 Å². The third-order valence-corrected chi connectivity index (χ3v) is 4.08. The second-order valence-electron chi connectivity index (χ2n) is 5.59. The van der Waals surface area contributed by atoms with Crippen LogP contribution < -0.4 is 10.2 Å². The Bertz CT molecular complexity index is 576. The summed E-state index contributed by atoms with van der Waals surface area (Å²) in [6.45, 7) is 4.60. The van der Waals surface area contributed by atoms with Crippen molar-refractivity contribution < 1.29 is 8.81 Å². The highest BCUT2D eigenvalue weighted by molar-refractivity contribution is 5.50. The summed E-state index contributed by atoms with van der Waals surface area (Å²) < 4.78 is 19.6. The molecule has 1 aromatic carbocycles. The Balaban J connectivity index is 1.66. The van der Waals surface area contributed by atoms with Gasteiger partial charge in [0.25, 0.3) is 0 Å². The molecule has 1 saturated heterocycles. The fourth-order valence-electron chi connectivity index (χ4n) is 2.79. The Morgan fingerprint density at radius 2 is 2.10 bits per heavy atom. The van der Waals surface area contributed by atoms with Crippen LogP contribution >= 0.6 is 0 Å². The van der Waals surface area contributed by atoms with Crippen molar-refractivity contribution in [3.05, 3.63) is 53.7 Å². The summed E-state index contributed by atoms with van der Waals surface area (Å²) in [5, 5.41) is 3.34. The molecule has 0 amide bonds. The summed E-state index contributed by atoms with van der Waals surface area (Å²) >= 11 is 0. The zero-order valence-corrected chi connectivity index (χ0v) is 12.3. The van der Waals surface area contributed by atoms with E-state index in [0.717, 1.165) is 42.9 Å². The summed E-state index contributed by atoms with van der Waals surface area (Å²) in [5.74, 6) is 0.761. The van der Waals surface area contributed by atoms with Crippen molar-refractivity contribution in [2.24, 2.45) is 0 Å². The van der Waals surface area contributed by atoms with E-state index in [1.165, 1.54) is 0 Å². The molecule has 21 heavy (non-hydrogen) atoms. The molecule has 1 N–H and O–H groups in total. The molecular weight excluding hydrogens is 267 g/mol. The van der Waals surface area contributed by atoms with Gasteiger partial charge in [-0.2, -0.15) is 0 Å². The van der Waals surface area contributed by atoms with Crippen LogP contribution in [0.25, 0.3) is 0 Å². The van der Waals surface area contributed by atoms with E-state index in [2.05, 4.69) is 10.2 Å². The average molecular weight is 288 g/mol. The van der Waals surface area contributed by atoms with Crippen molar-refractivity contribution in [2.75, 3.05) is 18.0 Å². The highest BCUT2D eigenvalue weighted by Crippen LogP contribution is 2.26. The number of furan rings is 1. The first-order valence-electron chi connectivity index (χ1n) is 7.54. The van der Waals surface area contributed by atoms with Gasteiger partial charge in [0.05, 0.1) is 18.5 Å². The van der Waals surface area contributed by atoms with Crippen LogP contribution in [-0.4, -0.2) is 13.1 Å². The first kappa shape index (κ1) is 14.1. The molecule has 1 aromatic heterocycles. The van der Waals surface area contributed by atoms with Crippen molar-refractivity contribution >= 4 is 5.69 Å². The van der Waals surface area contributed by atoms with Crippen LogP contribution in [0.3, 0.4) is 0 Å². The standard InChI is InChI=1S/C17H21FN2O/c1-13(19-12-15-5-4-10-21-15)14-6-7-17(16(18)11-14)20-8-2-3-9-20/h4-7,10-11,13,19H,2-3,8-9,12H2,1H3/t13-/m1/s1. The Labute approximate surface area is 124 Å². The summed E-state index contributed by atoms with van der Waals surface area (Å²) in [7, 11) is 0. The number of anilines is 1. The lowest BCUT2D eigenvalue weighted by atomic mass is 10.1. The second kappa shape index (κ2) is 6.31. The third kappa shape index (κ3) is 3.27. The van der Waals surface area contributed by atoms with Crippen LogP contribution in [0.1, 0.15) is 37.1 Å². The molecule has 1 aliphatic rings. The maximum Gasteiger partial charge on any atom is 0.146 e. The van der Waals surface area contributed by atoms with E-state index in [0.29, 0.717) is 6.54 Å². The maximum atomic E-state index is 14.3. The quantitative estimate of drug-likeness (QED) is 0.905. The normalized spacial score (nSPS) is 16.4. The lowest BCUT2D eigenvalue weighted by Gasteiger charge is -2.20. The van der Waals surface area contributed by atoms with Crippen LogP contribution in [0.15, 0.2) is 41.0 Å². The smallest absolute Gasteiger partial charge is 0.146 e. The van der Waals surface area contributed by atoms with Crippen LogP contribution in [-0.2, 0) is 6.54 Å². The lowest BCUT2D eigenvalue weighted by Crippen LogP contribution is -2.20. The van der Waals surface area contributed by atoms with Gasteiger partial charge in [0.15, 0.2) is 0 Å². The highest BCUT2D eigenvalue weighted by Gasteiger charge is 2.17. The minimum atomic E-state index is -0.124. The highest BCUT2D eigenvalue weighted by atomic mass is 19.1. The molecule has 3 rings (SSSR count). The number of halogens is 1. The number of nitrogens with zero attached hydrogens (tertiary/aromatic N) is 1. The van der Waals surface area contributed by atoms with E-state index in [4.69, 9.17) is 4.42 Å². The molecule has 0 unspecified atom stereocenters. The van der Waals surface area contributed by atoms with Crippen molar-refractivity contribution in [2.45, 2.75) is 32.4 Å². The van der Waals surface area contributed by atoms with Gasteiger partial charge in [-0.25, -0.2) is 4.39 Å². The predicted octanol–water partition coefficient (Wildman–Crippen LogP) is 3.87. The van der Waals surface area contributed by atoms with E-state index < -0.39 is 0 Å². The van der Waals surface area contributed by atoms with Crippen LogP contribution in [0.4, 0.5) is 10.1 Å². The van der Waals surface area contributed by atoms with Gasteiger partial charge in [0.2, 0.25) is 0 Å². The van der Waals surface area contributed by atoms with Crippen LogP contribution in [0, 0.1) is 5.82 Å². The van der Waals surface area contributed by atoms with E-state index in [1.807, 2.05) is 31.2 Å². The molecule has 0 bridgehead atoms. The second-order valence-corrected chi connectivity index (χ2v) is 5.59. The molecule has 1 atom stereocenters. The molecule has 1 aliphatic heterocycles. The van der Waals surface area contributed by atoms with Gasteiger partial charge in [-0.05, 0) is 49.6 Å². The third-order valence-electron chi connectivity index (χ3n) is 4.08. The average Bonchev–Trinajstić information content (AvgIpc) is 3.17. The first-order valence-corrected chi connectivity index (χ1v) is 7.54. The number of rotatable bonds is 5. The fourth-order valence-corrected chi connectivity index (χ4v) is 2.79. The van der Waals surface area contributed by atoms with Crippen molar-refractivity contribution in [3.63, 3.8) is 0 Å². The summed E-state index contributed by atoms with van der Waals surface area (Å²) in [6, 6.07) is 9.44. The van der Waals surface area contributed by atoms with Crippen molar-refractivity contribution in [3.8, 4) is 0 Å². The zero-order chi connectivity index (χ0) is 14.7. The van der Waals surface area contributed by atoms with Gasteiger partial charge in [0, 0.05) is 19.1 Å². The summed E-state index contributed by atoms with van der Waals surface area (Å²) in [5.41, 5.74) is 1.69. The van der Waals surface area contributed by atoms with Gasteiger partial charge >= 0.3 is 0 Å². The minimum Gasteiger partial charge on any atom is -0.468 e. The van der Waals surface area contributed by atoms with E-state index in [-0.39, 0.29) is 11.9 Å². The van der Waals surface area contributed by atoms with Gasteiger partial charge in [-0.1, -0.05) is 6.07 Å². The van der Waals surface area contributed by atoms with Gasteiger partial charge in [0.1, 0.15) is 11.6 Å². The monoisotopic (exact) mass is 288 g/mol. The Kier molecular flexibility index (Phi) is 4.25. The molecule has 4 heteroatoms. The molecule has 2 aromatic rings. The number of benzene rings is 1. The Hall–Kier alpha value is -1.81. The molecular formula is C17H21FN2O. The summed E-state index contributed by atoms with van der Waals surface area (Å²) in [6.07, 6.45) is 3.97. The Morgan fingerprint density at radius 1 is 1.29 bits per heavy atom. The number of hydrogen-bond acceptors (Lipinski definition) is 3. The van der Waals surface area contributed by atoms with Gasteiger partial charge in [-0.15, -0.1) is 0 Å². The lowest BCUT2D eigenvalue weighted by molar-refractivity contribution is 0.460. The zero-order valence-electron chi connectivity index (χ0n) is 12.3.